The molecule has 3 aromatic carbocycles. The van der Waals surface area contributed by atoms with Crippen LogP contribution in [0.4, 0.5) is 0 Å². The Balaban J connectivity index is 2.15. The maximum Gasteiger partial charge on any atom is 0.00662 e. The van der Waals surface area contributed by atoms with Crippen LogP contribution in [0.15, 0.2) is 121 Å². The van der Waals surface area contributed by atoms with E-state index in [0.29, 0.717) is 8.19 Å². The van der Waals surface area contributed by atoms with Gasteiger partial charge < -0.3 is 0 Å². The van der Waals surface area contributed by atoms with Crippen molar-refractivity contribution in [1.29, 1.82) is 0 Å². The molecular weight excluding hydrogens is 343 g/mol. The summed E-state index contributed by atoms with van der Waals surface area (Å²) in [5, 5.41) is 1.37. The molecule has 0 N–H and O–H groups in total. The highest BCUT2D eigenvalue weighted by atomic mass is 31.0. The van der Waals surface area contributed by atoms with E-state index in [1.165, 1.54) is 33.1 Å². The Labute approximate surface area is 162 Å². The van der Waals surface area contributed by atoms with Gasteiger partial charge >= 0.3 is 0 Å². The van der Waals surface area contributed by atoms with E-state index in [9.17, 15) is 0 Å². The molecule has 130 valence electrons. The minimum atomic E-state index is 0.598. The lowest BCUT2D eigenvalue weighted by molar-refractivity contribution is 1.60. The molecule has 0 radical (unpaired) electrons. The molecule has 0 bridgehead atoms. The third kappa shape index (κ3) is 4.03. The second-order valence-electron chi connectivity index (χ2n) is 6.32. The van der Waals surface area contributed by atoms with E-state index in [1.807, 2.05) is 0 Å². The molecule has 0 aliphatic heterocycles. The third-order valence-electron chi connectivity index (χ3n) is 4.54. The van der Waals surface area contributed by atoms with Crippen molar-refractivity contribution in [2.75, 3.05) is 0 Å². The van der Waals surface area contributed by atoms with Crippen LogP contribution < -0.4 is 0 Å². The summed E-state index contributed by atoms with van der Waals surface area (Å²) < 4.78 is 0. The first kappa shape index (κ1) is 17.3. The Morgan fingerprint density at radius 2 is 0.889 bits per heavy atom. The Morgan fingerprint density at radius 3 is 1.52 bits per heavy atom. The Morgan fingerprint density at radius 1 is 0.407 bits per heavy atom. The van der Waals surface area contributed by atoms with Crippen LogP contribution in [0.5, 0.6) is 0 Å². The normalized spacial score (nSPS) is 10.5. The highest BCUT2D eigenvalue weighted by Crippen LogP contribution is 2.41. The van der Waals surface area contributed by atoms with E-state index in [-0.39, 0.29) is 0 Å². The third-order valence-corrected chi connectivity index (χ3v) is 5.72. The van der Waals surface area contributed by atoms with Crippen LogP contribution in [0, 0.1) is 0 Å². The van der Waals surface area contributed by atoms with Gasteiger partial charge in [-0.2, -0.15) is 0 Å². The zero-order valence-electron chi connectivity index (χ0n) is 15.0. The van der Waals surface area contributed by atoms with E-state index in [4.69, 9.17) is 0 Å². The van der Waals surface area contributed by atoms with Crippen molar-refractivity contribution in [2.24, 2.45) is 0 Å². The van der Waals surface area contributed by atoms with Gasteiger partial charge in [0.1, 0.15) is 0 Å². The summed E-state index contributed by atoms with van der Waals surface area (Å²) in [5.41, 5.74) is 6.34. The van der Waals surface area contributed by atoms with Crippen molar-refractivity contribution in [3.8, 4) is 33.1 Å². The minimum Gasteiger partial charge on any atom is -0.131 e. The second kappa shape index (κ2) is 8.54. The maximum absolute atomic E-state index is 2.27. The van der Waals surface area contributed by atoms with Gasteiger partial charge in [0.05, 0.1) is 0 Å². The summed E-state index contributed by atoms with van der Waals surface area (Å²) in [6.45, 7) is 0. The van der Waals surface area contributed by atoms with Crippen LogP contribution in [0.2, 0.25) is 0 Å². The summed E-state index contributed by atoms with van der Waals surface area (Å²) in [6.07, 6.45) is 0. The van der Waals surface area contributed by atoms with Crippen LogP contribution in [0.25, 0.3) is 33.1 Å². The zero-order valence-corrected chi connectivity index (χ0v) is 16.0. The van der Waals surface area contributed by atoms with Gasteiger partial charge in [-0.15, -0.1) is 8.19 Å². The highest BCUT2D eigenvalue weighted by molar-refractivity contribution is 7.33. The Bertz CT molecular complexity index is 979. The fourth-order valence-electron chi connectivity index (χ4n) is 3.29. The Hall–Kier alpha value is -3.08. The predicted molar refractivity (Wildman–Crippen MR) is 120 cm³/mol. The van der Waals surface area contributed by atoms with Crippen molar-refractivity contribution < 1.29 is 0 Å². The predicted octanol–water partition coefficient (Wildman–Crippen LogP) is 7.84. The van der Waals surface area contributed by atoms with Crippen molar-refractivity contribution in [3.63, 3.8) is 0 Å². The van der Waals surface area contributed by atoms with Gasteiger partial charge in [0.15, 0.2) is 0 Å². The first-order valence-electron chi connectivity index (χ1n) is 9.14. The fourth-order valence-corrected chi connectivity index (χ4v) is 4.42. The van der Waals surface area contributed by atoms with Crippen LogP contribution in [0.1, 0.15) is 0 Å². The molecule has 0 aliphatic rings. The molecular formula is C26H21P. The molecule has 1 heteroatoms. The summed E-state index contributed by atoms with van der Waals surface area (Å²) >= 11 is 0. The van der Waals surface area contributed by atoms with E-state index < -0.39 is 0 Å². The summed E-state index contributed by atoms with van der Waals surface area (Å²) in [6, 6.07) is 40.8. The molecule has 1 unspecified atom stereocenters. The van der Waals surface area contributed by atoms with Crippen LogP contribution in [-0.2, 0) is 0 Å². The van der Waals surface area contributed by atoms with E-state index in [2.05, 4.69) is 121 Å². The average Bonchev–Trinajstić information content (AvgIpc) is 2.86. The van der Waals surface area contributed by atoms with Gasteiger partial charge in [0.25, 0.3) is 0 Å². The first-order chi connectivity index (χ1) is 13.4. The quantitative estimate of drug-likeness (QED) is 0.347. The SMILES string of the molecule is c1ccc(-c2ccccc[pH]c(-c3ccccc3)c2-c2ccccc2)cc1. The molecule has 4 rings (SSSR count). The number of benzene rings is 3. The summed E-state index contributed by atoms with van der Waals surface area (Å²) in [4.78, 5) is 0. The lowest BCUT2D eigenvalue weighted by atomic mass is 9.93. The fraction of sp³-hybridized carbons (Fsp3) is 0. The maximum atomic E-state index is 2.27. The first-order valence-corrected chi connectivity index (χ1v) is 10.2. The molecule has 0 amide bonds. The lowest BCUT2D eigenvalue weighted by Gasteiger charge is -2.14. The molecule has 1 aromatic heterocycles. The van der Waals surface area contributed by atoms with Crippen molar-refractivity contribution in [3.05, 3.63) is 121 Å². The number of hydrogen-bond donors (Lipinski definition) is 0. The smallest absolute Gasteiger partial charge is 0.00662 e. The summed E-state index contributed by atoms with van der Waals surface area (Å²) in [5.74, 6) is 2.27. The molecule has 1 atom stereocenters. The molecule has 27 heavy (non-hydrogen) atoms. The van der Waals surface area contributed by atoms with Gasteiger partial charge in [-0.3, -0.25) is 0 Å². The molecule has 0 spiro atoms. The van der Waals surface area contributed by atoms with E-state index in [0.717, 1.165) is 0 Å². The van der Waals surface area contributed by atoms with Crippen molar-refractivity contribution in [2.45, 2.75) is 0 Å². The molecule has 0 aliphatic carbocycles. The molecule has 0 saturated heterocycles. The minimum absolute atomic E-state index is 0.598. The van der Waals surface area contributed by atoms with Crippen molar-refractivity contribution >= 4 is 8.19 Å². The van der Waals surface area contributed by atoms with Gasteiger partial charge in [0.2, 0.25) is 0 Å². The largest absolute Gasteiger partial charge is 0.131 e. The topological polar surface area (TPSA) is 0 Å². The van der Waals surface area contributed by atoms with Crippen LogP contribution >= 0.6 is 8.19 Å². The summed E-state index contributed by atoms with van der Waals surface area (Å²) in [7, 11) is 0.598. The average molecular weight is 364 g/mol. The standard InChI is InChI=1S/C26H21P/c1-5-13-21(14-6-1)24-19-11-4-12-20-27-26(23-17-9-3-10-18-23)25(24)22-15-7-2-8-16-22/h1-20,27H. The van der Waals surface area contributed by atoms with Gasteiger partial charge in [-0.25, -0.2) is 0 Å². The lowest BCUT2D eigenvalue weighted by Crippen LogP contribution is -1.86. The monoisotopic (exact) mass is 364 g/mol. The van der Waals surface area contributed by atoms with Gasteiger partial charge in [0, 0.05) is 10.9 Å². The molecule has 0 fully saturated rings. The van der Waals surface area contributed by atoms with E-state index >= 15 is 0 Å². The Kier molecular flexibility index (Phi) is 5.48. The zero-order chi connectivity index (χ0) is 18.3. The van der Waals surface area contributed by atoms with Crippen LogP contribution in [-0.4, -0.2) is 0 Å². The van der Waals surface area contributed by atoms with E-state index in [1.54, 1.807) is 0 Å². The molecule has 0 saturated carbocycles. The molecule has 4 aromatic rings. The van der Waals surface area contributed by atoms with Crippen molar-refractivity contribution in [1.82, 2.24) is 0 Å². The number of rotatable bonds is 3. The van der Waals surface area contributed by atoms with Gasteiger partial charge in [-0.1, -0.05) is 115 Å². The van der Waals surface area contributed by atoms with Gasteiger partial charge in [-0.05, 0) is 28.1 Å². The second-order valence-corrected chi connectivity index (χ2v) is 7.44. The molecule has 1 heterocycles. The molecule has 0 nitrogen and oxygen atoms in total. The highest BCUT2D eigenvalue weighted by Gasteiger charge is 2.11. The van der Waals surface area contributed by atoms with Crippen LogP contribution in [0.3, 0.4) is 0 Å². The number of hydrogen-bond acceptors (Lipinski definition) is 0.